The second kappa shape index (κ2) is 5.12. The second-order valence-electron chi connectivity index (χ2n) is 6.27. The minimum Gasteiger partial charge on any atom is -0.294 e. The molecule has 2 aromatic rings. The van der Waals surface area contributed by atoms with E-state index in [0.29, 0.717) is 12.3 Å². The minimum atomic E-state index is 0.151. The Morgan fingerprint density at radius 3 is 2.63 bits per heavy atom. The molecule has 1 unspecified atom stereocenters. The van der Waals surface area contributed by atoms with Gasteiger partial charge in [-0.25, -0.2) is 0 Å². The van der Waals surface area contributed by atoms with Crippen LogP contribution in [0.15, 0.2) is 36.5 Å². The van der Waals surface area contributed by atoms with Gasteiger partial charge >= 0.3 is 0 Å². The fraction of sp³-hybridized carbons (Fsp3) is 0.412. The van der Waals surface area contributed by atoms with Crippen molar-refractivity contribution >= 4 is 16.7 Å². The normalized spacial score (nSPS) is 13.5. The van der Waals surface area contributed by atoms with E-state index < -0.39 is 0 Å². The van der Waals surface area contributed by atoms with E-state index in [1.165, 1.54) is 0 Å². The third-order valence-electron chi connectivity index (χ3n) is 3.92. The maximum atomic E-state index is 12.5. The molecule has 0 fully saturated rings. The predicted octanol–water partition coefficient (Wildman–Crippen LogP) is 4.49. The summed E-state index contributed by atoms with van der Waals surface area (Å²) in [6.45, 7) is 8.67. The number of rotatable bonds is 3. The molecular weight excluding hydrogens is 234 g/mol. The first kappa shape index (κ1) is 13.7. The molecular formula is C17H21NO. The van der Waals surface area contributed by atoms with Gasteiger partial charge in [0.05, 0.1) is 5.52 Å². The molecule has 2 nitrogen and oxygen atoms in total. The summed E-state index contributed by atoms with van der Waals surface area (Å²) in [5, 5.41) is 0.955. The fourth-order valence-corrected chi connectivity index (χ4v) is 2.04. The van der Waals surface area contributed by atoms with Crippen molar-refractivity contribution in [3.63, 3.8) is 0 Å². The molecule has 0 amide bonds. The van der Waals surface area contributed by atoms with Gasteiger partial charge in [-0.15, -0.1) is 0 Å². The highest BCUT2D eigenvalue weighted by atomic mass is 16.1. The summed E-state index contributed by atoms with van der Waals surface area (Å²) in [6.07, 6.45) is 2.34. The van der Waals surface area contributed by atoms with Crippen LogP contribution in [-0.2, 0) is 0 Å². The third kappa shape index (κ3) is 3.01. The number of ketones is 1. The van der Waals surface area contributed by atoms with Gasteiger partial charge in [0.15, 0.2) is 5.78 Å². The number of hydrogen-bond donors (Lipinski definition) is 0. The van der Waals surface area contributed by atoms with Gasteiger partial charge in [-0.1, -0.05) is 45.9 Å². The number of aromatic nitrogens is 1. The minimum absolute atomic E-state index is 0.151. The lowest BCUT2D eigenvalue weighted by molar-refractivity contribution is 0.0929. The van der Waals surface area contributed by atoms with Crippen molar-refractivity contribution in [2.75, 3.05) is 0 Å². The summed E-state index contributed by atoms with van der Waals surface area (Å²) in [7, 11) is 0. The van der Waals surface area contributed by atoms with E-state index in [4.69, 9.17) is 0 Å². The van der Waals surface area contributed by atoms with Gasteiger partial charge in [0.2, 0.25) is 0 Å². The van der Waals surface area contributed by atoms with Gasteiger partial charge in [0.1, 0.15) is 0 Å². The highest BCUT2D eigenvalue weighted by Crippen LogP contribution is 2.30. The average molecular weight is 255 g/mol. The molecule has 0 radical (unpaired) electrons. The Morgan fingerprint density at radius 2 is 1.95 bits per heavy atom. The number of carbonyl (C=O) groups is 1. The van der Waals surface area contributed by atoms with Crippen molar-refractivity contribution in [3.05, 3.63) is 42.1 Å². The van der Waals surface area contributed by atoms with Gasteiger partial charge < -0.3 is 0 Å². The lowest BCUT2D eigenvalue weighted by atomic mass is 9.78. The van der Waals surface area contributed by atoms with Crippen LogP contribution in [0.5, 0.6) is 0 Å². The molecule has 1 aromatic heterocycles. The SMILES string of the molecule is CC(CC(=O)c1cccc2ncccc12)C(C)(C)C. The highest BCUT2D eigenvalue weighted by molar-refractivity contribution is 6.07. The number of hydrogen-bond acceptors (Lipinski definition) is 2. The van der Waals surface area contributed by atoms with Crippen LogP contribution in [-0.4, -0.2) is 10.8 Å². The summed E-state index contributed by atoms with van der Waals surface area (Å²) in [6, 6.07) is 9.61. The van der Waals surface area contributed by atoms with Crippen molar-refractivity contribution in [3.8, 4) is 0 Å². The number of nitrogens with zero attached hydrogens (tertiary/aromatic N) is 1. The van der Waals surface area contributed by atoms with Crippen LogP contribution in [0.1, 0.15) is 44.5 Å². The summed E-state index contributed by atoms with van der Waals surface area (Å²) in [5.41, 5.74) is 1.83. The lowest BCUT2D eigenvalue weighted by Gasteiger charge is -2.26. The molecule has 0 bridgehead atoms. The van der Waals surface area contributed by atoms with Crippen molar-refractivity contribution in [2.24, 2.45) is 11.3 Å². The Labute approximate surface area is 114 Å². The van der Waals surface area contributed by atoms with E-state index in [-0.39, 0.29) is 11.2 Å². The Morgan fingerprint density at radius 1 is 1.21 bits per heavy atom. The molecule has 19 heavy (non-hydrogen) atoms. The van der Waals surface area contributed by atoms with Crippen LogP contribution in [0, 0.1) is 11.3 Å². The molecule has 2 heteroatoms. The van der Waals surface area contributed by atoms with E-state index >= 15 is 0 Å². The summed E-state index contributed by atoms with van der Waals surface area (Å²) < 4.78 is 0. The Bertz CT molecular complexity index is 590. The van der Waals surface area contributed by atoms with Crippen LogP contribution in [0.3, 0.4) is 0 Å². The fourth-order valence-electron chi connectivity index (χ4n) is 2.04. The van der Waals surface area contributed by atoms with Gasteiger partial charge in [0, 0.05) is 23.6 Å². The maximum absolute atomic E-state index is 12.5. The Kier molecular flexibility index (Phi) is 3.70. The van der Waals surface area contributed by atoms with Crippen LogP contribution in [0.25, 0.3) is 10.9 Å². The van der Waals surface area contributed by atoms with Crippen molar-refractivity contribution in [1.29, 1.82) is 0 Å². The number of carbonyl (C=O) groups excluding carboxylic acids is 1. The van der Waals surface area contributed by atoms with E-state index in [1.54, 1.807) is 6.20 Å². The molecule has 2 rings (SSSR count). The average Bonchev–Trinajstić information content (AvgIpc) is 2.36. The highest BCUT2D eigenvalue weighted by Gasteiger charge is 2.23. The molecule has 1 aromatic carbocycles. The van der Waals surface area contributed by atoms with Crippen LogP contribution < -0.4 is 0 Å². The predicted molar refractivity (Wildman–Crippen MR) is 79.3 cm³/mol. The molecule has 0 saturated carbocycles. The zero-order valence-electron chi connectivity index (χ0n) is 12.1. The van der Waals surface area contributed by atoms with E-state index in [2.05, 4.69) is 32.7 Å². The third-order valence-corrected chi connectivity index (χ3v) is 3.92. The van der Waals surface area contributed by atoms with Gasteiger partial charge in [-0.3, -0.25) is 9.78 Å². The number of pyridine rings is 1. The Hall–Kier alpha value is -1.70. The van der Waals surface area contributed by atoms with E-state index in [0.717, 1.165) is 16.5 Å². The monoisotopic (exact) mass is 255 g/mol. The zero-order chi connectivity index (χ0) is 14.0. The molecule has 1 heterocycles. The molecule has 0 aliphatic heterocycles. The second-order valence-corrected chi connectivity index (χ2v) is 6.27. The van der Waals surface area contributed by atoms with Gasteiger partial charge in [-0.2, -0.15) is 0 Å². The van der Waals surface area contributed by atoms with Crippen molar-refractivity contribution < 1.29 is 4.79 Å². The van der Waals surface area contributed by atoms with Crippen LogP contribution in [0.2, 0.25) is 0 Å². The summed E-state index contributed by atoms with van der Waals surface area (Å²) in [4.78, 5) is 16.8. The van der Waals surface area contributed by atoms with Crippen molar-refractivity contribution in [1.82, 2.24) is 4.98 Å². The number of Topliss-reactive ketones (excluding diaryl/α,β-unsaturated/α-hetero) is 1. The molecule has 0 N–H and O–H groups in total. The molecule has 1 atom stereocenters. The van der Waals surface area contributed by atoms with Crippen LogP contribution in [0.4, 0.5) is 0 Å². The molecule has 0 saturated heterocycles. The molecule has 0 aliphatic carbocycles. The summed E-state index contributed by atoms with van der Waals surface area (Å²) in [5.74, 6) is 0.563. The first-order chi connectivity index (χ1) is 8.89. The maximum Gasteiger partial charge on any atom is 0.163 e. The lowest BCUT2D eigenvalue weighted by Crippen LogP contribution is -2.20. The van der Waals surface area contributed by atoms with Gasteiger partial charge in [0.25, 0.3) is 0 Å². The summed E-state index contributed by atoms with van der Waals surface area (Å²) >= 11 is 0. The molecule has 100 valence electrons. The molecule has 0 spiro atoms. The van der Waals surface area contributed by atoms with E-state index in [1.807, 2.05) is 30.3 Å². The van der Waals surface area contributed by atoms with E-state index in [9.17, 15) is 4.79 Å². The smallest absolute Gasteiger partial charge is 0.163 e. The first-order valence-electron chi connectivity index (χ1n) is 6.76. The number of fused-ring (bicyclic) bond motifs is 1. The van der Waals surface area contributed by atoms with Crippen LogP contribution >= 0.6 is 0 Å². The van der Waals surface area contributed by atoms with Gasteiger partial charge in [-0.05, 0) is 23.5 Å². The standard InChI is InChI=1S/C17H21NO/c1-12(17(2,3)4)11-16(19)14-7-5-9-15-13(14)8-6-10-18-15/h5-10,12H,11H2,1-4H3. The quantitative estimate of drug-likeness (QED) is 0.756. The van der Waals surface area contributed by atoms with Crippen molar-refractivity contribution in [2.45, 2.75) is 34.1 Å². The topological polar surface area (TPSA) is 30.0 Å². The zero-order valence-corrected chi connectivity index (χ0v) is 12.1. The molecule has 0 aliphatic rings. The number of benzene rings is 1. The largest absolute Gasteiger partial charge is 0.294 e. The Balaban J connectivity index is 2.32. The first-order valence-corrected chi connectivity index (χ1v) is 6.76.